The Hall–Kier alpha value is -1.72. The van der Waals surface area contributed by atoms with Gasteiger partial charge in [0.05, 0.1) is 18.8 Å². The molecule has 1 fully saturated rings. The minimum Gasteiger partial charge on any atom is -0.394 e. The van der Waals surface area contributed by atoms with Crippen LogP contribution >= 0.6 is 0 Å². The first kappa shape index (κ1) is 14.2. The third-order valence-corrected chi connectivity index (χ3v) is 4.14. The SMILES string of the molecule is Cc1nn(CCO)cc1CN1CC[C@H]1c1ccc(F)cc1. The molecule has 0 amide bonds. The molecule has 0 saturated carbocycles. The molecular weight excluding hydrogens is 269 g/mol. The van der Waals surface area contributed by atoms with Crippen molar-refractivity contribution in [2.45, 2.75) is 32.5 Å². The third kappa shape index (κ3) is 2.99. The molecule has 1 aromatic carbocycles. The fraction of sp³-hybridized carbons (Fsp3) is 0.438. The van der Waals surface area contributed by atoms with Crippen molar-refractivity contribution in [1.82, 2.24) is 14.7 Å². The van der Waals surface area contributed by atoms with Crippen LogP contribution in [0.5, 0.6) is 0 Å². The molecule has 1 saturated heterocycles. The molecule has 0 radical (unpaired) electrons. The summed E-state index contributed by atoms with van der Waals surface area (Å²) in [5, 5.41) is 13.4. The Balaban J connectivity index is 1.69. The van der Waals surface area contributed by atoms with Gasteiger partial charge >= 0.3 is 0 Å². The minimum absolute atomic E-state index is 0.0997. The van der Waals surface area contributed by atoms with E-state index >= 15 is 0 Å². The fourth-order valence-corrected chi connectivity index (χ4v) is 2.84. The van der Waals surface area contributed by atoms with Gasteiger partial charge in [-0.05, 0) is 31.0 Å². The number of aromatic nitrogens is 2. The highest BCUT2D eigenvalue weighted by atomic mass is 19.1. The van der Waals surface area contributed by atoms with Crippen molar-refractivity contribution in [2.75, 3.05) is 13.2 Å². The maximum absolute atomic E-state index is 13.0. The number of aryl methyl sites for hydroxylation is 1. The van der Waals surface area contributed by atoms with Gasteiger partial charge in [-0.25, -0.2) is 4.39 Å². The molecule has 0 unspecified atom stereocenters. The zero-order valence-electron chi connectivity index (χ0n) is 12.2. The topological polar surface area (TPSA) is 41.3 Å². The average molecular weight is 289 g/mol. The van der Waals surface area contributed by atoms with Crippen LogP contribution in [0, 0.1) is 12.7 Å². The van der Waals surface area contributed by atoms with E-state index in [4.69, 9.17) is 5.11 Å². The van der Waals surface area contributed by atoms with E-state index in [0.29, 0.717) is 12.6 Å². The average Bonchev–Trinajstić information content (AvgIpc) is 2.78. The van der Waals surface area contributed by atoms with Crippen molar-refractivity contribution in [2.24, 2.45) is 0 Å². The molecule has 5 heteroatoms. The smallest absolute Gasteiger partial charge is 0.123 e. The molecular formula is C16H20FN3O. The zero-order valence-corrected chi connectivity index (χ0v) is 12.2. The van der Waals surface area contributed by atoms with E-state index in [1.165, 1.54) is 23.3 Å². The highest BCUT2D eigenvalue weighted by Gasteiger charge is 2.29. The van der Waals surface area contributed by atoms with Crippen LogP contribution < -0.4 is 0 Å². The Labute approximate surface area is 123 Å². The summed E-state index contributed by atoms with van der Waals surface area (Å²) in [5.41, 5.74) is 3.37. The molecule has 1 N–H and O–H groups in total. The van der Waals surface area contributed by atoms with E-state index in [1.807, 2.05) is 25.3 Å². The van der Waals surface area contributed by atoms with E-state index in [-0.39, 0.29) is 12.4 Å². The Morgan fingerprint density at radius 3 is 2.71 bits per heavy atom. The summed E-state index contributed by atoms with van der Waals surface area (Å²) in [7, 11) is 0. The van der Waals surface area contributed by atoms with Crippen LogP contribution in [-0.2, 0) is 13.1 Å². The molecule has 0 spiro atoms. The van der Waals surface area contributed by atoms with Gasteiger partial charge < -0.3 is 5.11 Å². The minimum atomic E-state index is -0.189. The van der Waals surface area contributed by atoms with Gasteiger partial charge in [-0.3, -0.25) is 9.58 Å². The summed E-state index contributed by atoms with van der Waals surface area (Å²) in [6, 6.07) is 7.15. The molecule has 1 atom stereocenters. The van der Waals surface area contributed by atoms with Gasteiger partial charge in [-0.1, -0.05) is 12.1 Å². The summed E-state index contributed by atoms with van der Waals surface area (Å²) in [6.07, 6.45) is 3.11. The summed E-state index contributed by atoms with van der Waals surface area (Å²) in [4.78, 5) is 2.38. The van der Waals surface area contributed by atoms with Gasteiger partial charge in [-0.15, -0.1) is 0 Å². The molecule has 1 aliphatic heterocycles. The van der Waals surface area contributed by atoms with Crippen molar-refractivity contribution in [3.05, 3.63) is 53.1 Å². The number of rotatable bonds is 5. The van der Waals surface area contributed by atoms with Gasteiger partial charge in [0.2, 0.25) is 0 Å². The van der Waals surface area contributed by atoms with E-state index < -0.39 is 0 Å². The van der Waals surface area contributed by atoms with E-state index in [0.717, 1.165) is 25.2 Å². The van der Waals surface area contributed by atoms with Crippen LogP contribution in [0.4, 0.5) is 4.39 Å². The maximum atomic E-state index is 13.0. The van der Waals surface area contributed by atoms with Gasteiger partial charge in [0.15, 0.2) is 0 Å². The summed E-state index contributed by atoms with van der Waals surface area (Å²) in [5.74, 6) is -0.189. The predicted molar refractivity (Wildman–Crippen MR) is 78.2 cm³/mol. The number of hydrogen-bond acceptors (Lipinski definition) is 3. The number of nitrogens with zero attached hydrogens (tertiary/aromatic N) is 3. The predicted octanol–water partition coefficient (Wildman–Crippen LogP) is 2.27. The third-order valence-electron chi connectivity index (χ3n) is 4.14. The number of benzene rings is 1. The molecule has 0 bridgehead atoms. The Bertz CT molecular complexity index is 608. The van der Waals surface area contributed by atoms with Crippen molar-refractivity contribution in [3.8, 4) is 0 Å². The van der Waals surface area contributed by atoms with E-state index in [1.54, 1.807) is 4.68 Å². The zero-order chi connectivity index (χ0) is 14.8. The van der Waals surface area contributed by atoms with Gasteiger partial charge in [0, 0.05) is 30.9 Å². The Morgan fingerprint density at radius 2 is 2.10 bits per heavy atom. The summed E-state index contributed by atoms with van der Waals surface area (Å²) in [6.45, 7) is 4.52. The quantitative estimate of drug-likeness (QED) is 0.918. The fourth-order valence-electron chi connectivity index (χ4n) is 2.84. The lowest BCUT2D eigenvalue weighted by Gasteiger charge is -2.41. The van der Waals surface area contributed by atoms with Crippen LogP contribution in [0.15, 0.2) is 30.5 Å². The standard InChI is InChI=1S/C16H20FN3O/c1-12-14(11-20(18-12)8-9-21)10-19-7-6-16(19)13-2-4-15(17)5-3-13/h2-5,11,16,21H,6-10H2,1H3/t16-/m0/s1. The summed E-state index contributed by atoms with van der Waals surface area (Å²) < 4.78 is 14.8. The number of aliphatic hydroxyl groups excluding tert-OH is 1. The first-order valence-corrected chi connectivity index (χ1v) is 7.30. The van der Waals surface area contributed by atoms with Crippen LogP contribution in [0.1, 0.15) is 29.3 Å². The second-order valence-electron chi connectivity index (χ2n) is 5.55. The number of aliphatic hydroxyl groups is 1. The first-order valence-electron chi connectivity index (χ1n) is 7.30. The van der Waals surface area contributed by atoms with Crippen LogP contribution in [0.25, 0.3) is 0 Å². The number of likely N-dealkylation sites (tertiary alicyclic amines) is 1. The lowest BCUT2D eigenvalue weighted by atomic mass is 9.94. The largest absolute Gasteiger partial charge is 0.394 e. The highest BCUT2D eigenvalue weighted by Crippen LogP contribution is 2.34. The molecule has 2 aromatic rings. The number of hydrogen-bond donors (Lipinski definition) is 1. The summed E-state index contributed by atoms with van der Waals surface area (Å²) >= 11 is 0. The Kier molecular flexibility index (Phi) is 4.03. The molecule has 3 rings (SSSR count). The molecule has 112 valence electrons. The molecule has 21 heavy (non-hydrogen) atoms. The van der Waals surface area contributed by atoms with Crippen molar-refractivity contribution in [3.63, 3.8) is 0 Å². The van der Waals surface area contributed by atoms with Crippen LogP contribution in [0.3, 0.4) is 0 Å². The lowest BCUT2D eigenvalue weighted by Crippen LogP contribution is -2.40. The maximum Gasteiger partial charge on any atom is 0.123 e. The van der Waals surface area contributed by atoms with Crippen molar-refractivity contribution in [1.29, 1.82) is 0 Å². The van der Waals surface area contributed by atoms with Crippen molar-refractivity contribution < 1.29 is 9.50 Å². The second kappa shape index (κ2) is 5.95. The lowest BCUT2D eigenvalue weighted by molar-refractivity contribution is 0.0816. The monoisotopic (exact) mass is 289 g/mol. The first-order chi connectivity index (χ1) is 10.2. The van der Waals surface area contributed by atoms with Crippen LogP contribution in [0.2, 0.25) is 0 Å². The van der Waals surface area contributed by atoms with E-state index in [2.05, 4.69) is 10.00 Å². The normalized spacial score (nSPS) is 18.7. The molecule has 0 aliphatic carbocycles. The molecule has 4 nitrogen and oxygen atoms in total. The van der Waals surface area contributed by atoms with Gasteiger partial charge in [-0.2, -0.15) is 5.10 Å². The van der Waals surface area contributed by atoms with Gasteiger partial charge in [0.25, 0.3) is 0 Å². The van der Waals surface area contributed by atoms with Gasteiger partial charge in [0.1, 0.15) is 5.82 Å². The number of halogens is 1. The Morgan fingerprint density at radius 1 is 1.33 bits per heavy atom. The highest BCUT2D eigenvalue weighted by molar-refractivity contribution is 5.23. The molecule has 1 aliphatic rings. The molecule has 1 aromatic heterocycles. The second-order valence-corrected chi connectivity index (χ2v) is 5.55. The van der Waals surface area contributed by atoms with E-state index in [9.17, 15) is 4.39 Å². The van der Waals surface area contributed by atoms with Crippen molar-refractivity contribution >= 4 is 0 Å². The van der Waals surface area contributed by atoms with Crippen LogP contribution in [-0.4, -0.2) is 32.9 Å². The molecule has 2 heterocycles.